The summed E-state index contributed by atoms with van der Waals surface area (Å²) < 4.78 is 5.54. The number of rotatable bonds is 3. The van der Waals surface area contributed by atoms with Crippen LogP contribution in [0, 0.1) is 11.3 Å². The summed E-state index contributed by atoms with van der Waals surface area (Å²) in [5, 5.41) is 12.6. The van der Waals surface area contributed by atoms with Crippen molar-refractivity contribution in [3.8, 4) is 11.8 Å². The van der Waals surface area contributed by atoms with Crippen molar-refractivity contribution in [1.29, 1.82) is 5.26 Å². The molecule has 0 bridgehead atoms. The number of hydrogen-bond acceptors (Lipinski definition) is 3. The SMILES string of the molecule is C=CCNC1(C#N)CCOc2ccccc21. The first-order valence-corrected chi connectivity index (χ1v) is 5.32. The third kappa shape index (κ3) is 1.68. The van der Waals surface area contributed by atoms with Crippen molar-refractivity contribution in [1.82, 2.24) is 5.32 Å². The molecular weight excluding hydrogens is 200 g/mol. The highest BCUT2D eigenvalue weighted by Crippen LogP contribution is 2.36. The molecule has 16 heavy (non-hydrogen) atoms. The fraction of sp³-hybridized carbons (Fsp3) is 0.308. The fourth-order valence-corrected chi connectivity index (χ4v) is 1.98. The van der Waals surface area contributed by atoms with Crippen LogP contribution < -0.4 is 10.1 Å². The largest absolute Gasteiger partial charge is 0.493 e. The Morgan fingerprint density at radius 2 is 2.38 bits per heavy atom. The molecule has 1 atom stereocenters. The quantitative estimate of drug-likeness (QED) is 0.782. The Labute approximate surface area is 95.3 Å². The van der Waals surface area contributed by atoms with E-state index >= 15 is 0 Å². The molecule has 1 aromatic rings. The number of nitriles is 1. The lowest BCUT2D eigenvalue weighted by Gasteiger charge is -2.33. The van der Waals surface area contributed by atoms with Gasteiger partial charge in [-0.1, -0.05) is 24.3 Å². The fourth-order valence-electron chi connectivity index (χ4n) is 1.98. The topological polar surface area (TPSA) is 45.0 Å². The van der Waals surface area contributed by atoms with Gasteiger partial charge in [-0.15, -0.1) is 6.58 Å². The van der Waals surface area contributed by atoms with E-state index in [0.29, 0.717) is 19.6 Å². The highest BCUT2D eigenvalue weighted by molar-refractivity contribution is 5.44. The monoisotopic (exact) mass is 214 g/mol. The van der Waals surface area contributed by atoms with Gasteiger partial charge >= 0.3 is 0 Å². The normalized spacial score (nSPS) is 22.7. The average molecular weight is 214 g/mol. The molecule has 0 radical (unpaired) electrons. The second-order valence-electron chi connectivity index (χ2n) is 3.78. The number of hydrogen-bond donors (Lipinski definition) is 1. The number of fused-ring (bicyclic) bond motifs is 1. The number of para-hydroxylation sites is 1. The van der Waals surface area contributed by atoms with Gasteiger partial charge in [-0.2, -0.15) is 5.26 Å². The molecule has 0 saturated carbocycles. The number of nitrogens with zero attached hydrogens (tertiary/aromatic N) is 1. The first kappa shape index (κ1) is 10.7. The van der Waals surface area contributed by atoms with Gasteiger partial charge in [-0.05, 0) is 6.07 Å². The van der Waals surface area contributed by atoms with Gasteiger partial charge in [0.1, 0.15) is 11.3 Å². The number of benzene rings is 1. The van der Waals surface area contributed by atoms with Crippen LogP contribution in [0.1, 0.15) is 12.0 Å². The van der Waals surface area contributed by atoms with Gasteiger partial charge in [0.2, 0.25) is 0 Å². The van der Waals surface area contributed by atoms with Gasteiger partial charge in [0.25, 0.3) is 0 Å². The summed E-state index contributed by atoms with van der Waals surface area (Å²) in [6, 6.07) is 10.0. The first-order chi connectivity index (χ1) is 7.82. The molecule has 0 aliphatic carbocycles. The van der Waals surface area contributed by atoms with E-state index in [2.05, 4.69) is 18.0 Å². The minimum absolute atomic E-state index is 0.564. The summed E-state index contributed by atoms with van der Waals surface area (Å²) in [6.45, 7) is 4.84. The van der Waals surface area contributed by atoms with E-state index in [1.54, 1.807) is 6.08 Å². The summed E-state index contributed by atoms with van der Waals surface area (Å²) >= 11 is 0. The summed E-state index contributed by atoms with van der Waals surface area (Å²) in [5.74, 6) is 0.798. The molecule has 1 unspecified atom stereocenters. The van der Waals surface area contributed by atoms with Crippen molar-refractivity contribution in [3.63, 3.8) is 0 Å². The standard InChI is InChI=1S/C13H14N2O/c1-2-8-15-13(10-14)7-9-16-12-6-4-3-5-11(12)13/h2-6,15H,1,7-9H2. The lowest BCUT2D eigenvalue weighted by Crippen LogP contribution is -2.44. The van der Waals surface area contributed by atoms with Crippen molar-refractivity contribution >= 4 is 0 Å². The third-order valence-corrected chi connectivity index (χ3v) is 2.82. The lowest BCUT2D eigenvalue weighted by molar-refractivity contribution is 0.223. The van der Waals surface area contributed by atoms with Gasteiger partial charge in [-0.3, -0.25) is 5.32 Å². The molecule has 1 aliphatic heterocycles. The Morgan fingerprint density at radius 1 is 1.56 bits per heavy atom. The average Bonchev–Trinajstić information content (AvgIpc) is 2.36. The second kappa shape index (κ2) is 4.38. The van der Waals surface area contributed by atoms with Crippen LogP contribution in [0.4, 0.5) is 0 Å². The molecule has 0 spiro atoms. The molecule has 0 fully saturated rings. The molecule has 1 N–H and O–H groups in total. The van der Waals surface area contributed by atoms with Crippen LogP contribution in [0.3, 0.4) is 0 Å². The van der Waals surface area contributed by atoms with Crippen molar-refractivity contribution in [2.24, 2.45) is 0 Å². The van der Waals surface area contributed by atoms with Crippen LogP contribution in [0.5, 0.6) is 5.75 Å². The van der Waals surface area contributed by atoms with Gasteiger partial charge in [0.05, 0.1) is 12.7 Å². The predicted molar refractivity (Wildman–Crippen MR) is 62.0 cm³/mol. The maximum Gasteiger partial charge on any atom is 0.139 e. The van der Waals surface area contributed by atoms with E-state index in [4.69, 9.17) is 4.74 Å². The van der Waals surface area contributed by atoms with Crippen LogP contribution in [0.15, 0.2) is 36.9 Å². The van der Waals surface area contributed by atoms with Crippen LogP contribution in [0.2, 0.25) is 0 Å². The van der Waals surface area contributed by atoms with E-state index in [1.165, 1.54) is 0 Å². The summed E-state index contributed by atoms with van der Waals surface area (Å²) in [7, 11) is 0. The lowest BCUT2D eigenvalue weighted by atomic mass is 9.86. The van der Waals surface area contributed by atoms with Crippen LogP contribution in [-0.2, 0) is 5.54 Å². The molecule has 0 saturated heterocycles. The molecule has 3 heteroatoms. The highest BCUT2D eigenvalue weighted by atomic mass is 16.5. The smallest absolute Gasteiger partial charge is 0.139 e. The second-order valence-corrected chi connectivity index (χ2v) is 3.78. The third-order valence-electron chi connectivity index (χ3n) is 2.82. The van der Waals surface area contributed by atoms with Crippen molar-refractivity contribution < 1.29 is 4.74 Å². The van der Waals surface area contributed by atoms with Gasteiger partial charge < -0.3 is 4.74 Å². The Hall–Kier alpha value is -1.79. The van der Waals surface area contributed by atoms with E-state index in [0.717, 1.165) is 11.3 Å². The van der Waals surface area contributed by atoms with Crippen molar-refractivity contribution in [2.45, 2.75) is 12.0 Å². The van der Waals surface area contributed by atoms with Gasteiger partial charge in [-0.25, -0.2) is 0 Å². The zero-order valence-corrected chi connectivity index (χ0v) is 9.07. The summed E-state index contributed by atoms with van der Waals surface area (Å²) in [4.78, 5) is 0. The minimum atomic E-state index is -0.636. The molecule has 1 aliphatic rings. The van der Waals surface area contributed by atoms with Gasteiger partial charge in [0, 0.05) is 18.5 Å². The zero-order chi connectivity index (χ0) is 11.4. The first-order valence-electron chi connectivity index (χ1n) is 5.32. The van der Waals surface area contributed by atoms with E-state index in [1.807, 2.05) is 24.3 Å². The summed E-state index contributed by atoms with van der Waals surface area (Å²) in [5.41, 5.74) is 0.286. The Balaban J connectivity index is 2.41. The van der Waals surface area contributed by atoms with Crippen LogP contribution in [-0.4, -0.2) is 13.2 Å². The molecule has 3 nitrogen and oxygen atoms in total. The van der Waals surface area contributed by atoms with E-state index in [-0.39, 0.29) is 0 Å². The van der Waals surface area contributed by atoms with Crippen LogP contribution in [0.25, 0.3) is 0 Å². The van der Waals surface area contributed by atoms with Crippen molar-refractivity contribution in [2.75, 3.05) is 13.2 Å². The number of nitrogens with one attached hydrogen (secondary N) is 1. The Bertz CT molecular complexity index is 436. The van der Waals surface area contributed by atoms with Gasteiger partial charge in [0.15, 0.2) is 0 Å². The molecule has 0 aromatic heterocycles. The Morgan fingerprint density at radius 3 is 3.12 bits per heavy atom. The van der Waals surface area contributed by atoms with E-state index < -0.39 is 5.54 Å². The molecule has 2 rings (SSSR count). The maximum atomic E-state index is 9.41. The number of ether oxygens (including phenoxy) is 1. The molecule has 1 heterocycles. The van der Waals surface area contributed by atoms with Crippen LogP contribution >= 0.6 is 0 Å². The van der Waals surface area contributed by atoms with E-state index in [9.17, 15) is 5.26 Å². The maximum absolute atomic E-state index is 9.41. The predicted octanol–water partition coefficient (Wildman–Crippen LogP) is 1.96. The minimum Gasteiger partial charge on any atom is -0.493 e. The molecular formula is C13H14N2O. The Kier molecular flexibility index (Phi) is 2.93. The highest BCUT2D eigenvalue weighted by Gasteiger charge is 2.37. The molecule has 82 valence electrons. The molecule has 1 aromatic carbocycles. The van der Waals surface area contributed by atoms with Crippen molar-refractivity contribution in [3.05, 3.63) is 42.5 Å². The zero-order valence-electron chi connectivity index (χ0n) is 9.07. The summed E-state index contributed by atoms with van der Waals surface area (Å²) in [6.07, 6.45) is 2.42. The molecule has 0 amide bonds.